The number of rotatable bonds is 4. The van der Waals surface area contributed by atoms with E-state index in [-0.39, 0.29) is 0 Å². The highest BCUT2D eigenvalue weighted by molar-refractivity contribution is 5.75. The summed E-state index contributed by atoms with van der Waals surface area (Å²) in [5.41, 5.74) is 0.767. The van der Waals surface area contributed by atoms with Crippen molar-refractivity contribution >= 4 is 5.97 Å². The summed E-state index contributed by atoms with van der Waals surface area (Å²) in [6, 6.07) is 6.68. The minimum atomic E-state index is -0.815. The summed E-state index contributed by atoms with van der Waals surface area (Å²) in [4.78, 5) is 13.5. The van der Waals surface area contributed by atoms with Crippen LogP contribution in [0.4, 0.5) is 0 Å². The van der Waals surface area contributed by atoms with Gasteiger partial charge in [0.05, 0.1) is 7.11 Å². The van der Waals surface area contributed by atoms with Gasteiger partial charge in [0.15, 0.2) is 0 Å². The third-order valence-electron chi connectivity index (χ3n) is 3.16. The zero-order chi connectivity index (χ0) is 13.0. The van der Waals surface area contributed by atoms with Crippen LogP contribution in [0.3, 0.4) is 0 Å². The monoisotopic (exact) mass is 250 g/mol. The first-order chi connectivity index (χ1) is 8.72. The van der Waals surface area contributed by atoms with Crippen molar-refractivity contribution < 1.29 is 14.6 Å². The van der Waals surface area contributed by atoms with Crippen LogP contribution in [0.1, 0.15) is 11.6 Å². The van der Waals surface area contributed by atoms with Crippen molar-refractivity contribution in [3.63, 3.8) is 0 Å². The molecule has 2 N–H and O–H groups in total. The predicted molar refractivity (Wildman–Crippen MR) is 67.8 cm³/mol. The molecular formula is C13H18N2O3. The van der Waals surface area contributed by atoms with Crippen LogP contribution in [0.2, 0.25) is 0 Å². The van der Waals surface area contributed by atoms with Crippen LogP contribution in [-0.2, 0) is 4.79 Å². The molecule has 5 heteroatoms. The maximum Gasteiger partial charge on any atom is 0.325 e. The Morgan fingerprint density at radius 3 is 2.78 bits per heavy atom. The Bertz CT molecular complexity index is 416. The van der Waals surface area contributed by atoms with E-state index in [0.717, 1.165) is 31.7 Å². The summed E-state index contributed by atoms with van der Waals surface area (Å²) in [7, 11) is 1.58. The van der Waals surface area contributed by atoms with Crippen molar-refractivity contribution in [2.45, 2.75) is 6.04 Å². The van der Waals surface area contributed by atoms with Gasteiger partial charge in [0.1, 0.15) is 11.8 Å². The van der Waals surface area contributed by atoms with E-state index in [1.165, 1.54) is 0 Å². The molecule has 98 valence electrons. The van der Waals surface area contributed by atoms with E-state index in [9.17, 15) is 9.90 Å². The van der Waals surface area contributed by atoms with Gasteiger partial charge in [0.2, 0.25) is 0 Å². The lowest BCUT2D eigenvalue weighted by atomic mass is 10.0. The smallest absolute Gasteiger partial charge is 0.325 e. The van der Waals surface area contributed by atoms with Crippen molar-refractivity contribution in [2.75, 3.05) is 33.3 Å². The third-order valence-corrected chi connectivity index (χ3v) is 3.16. The molecule has 1 saturated heterocycles. The fourth-order valence-corrected chi connectivity index (χ4v) is 2.26. The quantitative estimate of drug-likeness (QED) is 0.824. The Hall–Kier alpha value is -1.59. The van der Waals surface area contributed by atoms with Crippen LogP contribution in [0.25, 0.3) is 0 Å². The Labute approximate surface area is 106 Å². The number of methoxy groups -OCH3 is 1. The Kier molecular flexibility index (Phi) is 4.17. The molecule has 0 unspecified atom stereocenters. The van der Waals surface area contributed by atoms with E-state index in [2.05, 4.69) is 5.32 Å². The van der Waals surface area contributed by atoms with Gasteiger partial charge in [-0.2, -0.15) is 0 Å². The van der Waals surface area contributed by atoms with Crippen LogP contribution in [0, 0.1) is 0 Å². The van der Waals surface area contributed by atoms with Gasteiger partial charge in [-0.3, -0.25) is 9.69 Å². The topological polar surface area (TPSA) is 61.8 Å². The largest absolute Gasteiger partial charge is 0.497 e. The number of carboxylic acid groups (broad SMARTS) is 1. The molecule has 0 aromatic heterocycles. The minimum Gasteiger partial charge on any atom is -0.497 e. The van der Waals surface area contributed by atoms with Crippen LogP contribution in [0.5, 0.6) is 5.75 Å². The van der Waals surface area contributed by atoms with E-state index in [4.69, 9.17) is 4.74 Å². The highest BCUT2D eigenvalue weighted by atomic mass is 16.5. The molecule has 1 aromatic carbocycles. The molecule has 1 aliphatic rings. The van der Waals surface area contributed by atoms with Gasteiger partial charge in [0, 0.05) is 26.2 Å². The van der Waals surface area contributed by atoms with E-state index in [0.29, 0.717) is 5.75 Å². The zero-order valence-corrected chi connectivity index (χ0v) is 10.4. The number of hydrogen-bond acceptors (Lipinski definition) is 4. The van der Waals surface area contributed by atoms with Gasteiger partial charge in [-0.05, 0) is 17.7 Å². The summed E-state index contributed by atoms with van der Waals surface area (Å²) < 4.78 is 5.15. The van der Waals surface area contributed by atoms with Crippen molar-refractivity contribution in [3.8, 4) is 5.75 Å². The molecule has 0 saturated carbocycles. The number of benzene rings is 1. The summed E-state index contributed by atoms with van der Waals surface area (Å²) in [6.45, 7) is 3.14. The molecule has 0 aliphatic carbocycles. The molecule has 0 bridgehead atoms. The number of hydrogen-bond donors (Lipinski definition) is 2. The zero-order valence-electron chi connectivity index (χ0n) is 10.4. The number of nitrogens with one attached hydrogen (secondary N) is 1. The maximum absolute atomic E-state index is 11.5. The van der Waals surface area contributed by atoms with E-state index >= 15 is 0 Å². The summed E-state index contributed by atoms with van der Waals surface area (Å²) in [5.74, 6) is -0.126. The molecular weight excluding hydrogens is 232 g/mol. The molecule has 1 aromatic rings. The van der Waals surface area contributed by atoms with E-state index < -0.39 is 12.0 Å². The molecule has 0 spiro atoms. The van der Waals surface area contributed by atoms with Crippen molar-refractivity contribution in [2.24, 2.45) is 0 Å². The predicted octanol–water partition coefficient (Wildman–Crippen LogP) is 0.726. The molecule has 0 radical (unpaired) electrons. The fourth-order valence-electron chi connectivity index (χ4n) is 2.26. The first-order valence-corrected chi connectivity index (χ1v) is 6.04. The van der Waals surface area contributed by atoms with Crippen LogP contribution < -0.4 is 10.1 Å². The van der Waals surface area contributed by atoms with Crippen molar-refractivity contribution in [1.82, 2.24) is 10.2 Å². The van der Waals surface area contributed by atoms with Crippen LogP contribution >= 0.6 is 0 Å². The molecule has 0 amide bonds. The van der Waals surface area contributed by atoms with Crippen molar-refractivity contribution in [1.29, 1.82) is 0 Å². The summed E-state index contributed by atoms with van der Waals surface area (Å²) >= 11 is 0. The standard InChI is InChI=1S/C13H18N2O3/c1-18-11-4-2-3-10(9-11)12(13(16)17)15-7-5-14-6-8-15/h2-4,9,12,14H,5-8H2,1H3,(H,16,17)/t12-/m0/s1. The number of nitrogens with zero attached hydrogens (tertiary/aromatic N) is 1. The van der Waals surface area contributed by atoms with E-state index in [1.54, 1.807) is 13.2 Å². The second kappa shape index (κ2) is 5.84. The molecule has 1 atom stereocenters. The average Bonchev–Trinajstić information content (AvgIpc) is 2.40. The third kappa shape index (κ3) is 2.80. The van der Waals surface area contributed by atoms with Gasteiger partial charge in [0.25, 0.3) is 0 Å². The lowest BCUT2D eigenvalue weighted by molar-refractivity contribution is -0.143. The summed E-state index contributed by atoms with van der Waals surface area (Å²) in [5, 5.41) is 12.7. The second-order valence-corrected chi connectivity index (χ2v) is 4.30. The second-order valence-electron chi connectivity index (χ2n) is 4.30. The normalized spacial score (nSPS) is 18.3. The Balaban J connectivity index is 2.25. The molecule has 1 heterocycles. The van der Waals surface area contributed by atoms with Gasteiger partial charge in [-0.25, -0.2) is 0 Å². The fraction of sp³-hybridized carbons (Fsp3) is 0.462. The first kappa shape index (κ1) is 12.9. The number of ether oxygens (including phenoxy) is 1. The van der Waals surface area contributed by atoms with Gasteiger partial charge < -0.3 is 15.2 Å². The number of carboxylic acids is 1. The maximum atomic E-state index is 11.5. The first-order valence-electron chi connectivity index (χ1n) is 6.04. The lowest BCUT2D eigenvalue weighted by Crippen LogP contribution is -2.47. The van der Waals surface area contributed by atoms with Crippen LogP contribution in [-0.4, -0.2) is 49.3 Å². The highest BCUT2D eigenvalue weighted by Gasteiger charge is 2.28. The minimum absolute atomic E-state index is 0.595. The van der Waals surface area contributed by atoms with E-state index in [1.807, 2.05) is 23.1 Å². The average molecular weight is 250 g/mol. The molecule has 2 rings (SSSR count). The molecule has 1 fully saturated rings. The SMILES string of the molecule is COc1cccc([C@@H](C(=O)O)N2CCNCC2)c1. The lowest BCUT2D eigenvalue weighted by Gasteiger charge is -2.32. The molecule has 18 heavy (non-hydrogen) atoms. The van der Waals surface area contributed by atoms with Crippen LogP contribution in [0.15, 0.2) is 24.3 Å². The Morgan fingerprint density at radius 2 is 2.17 bits per heavy atom. The number of carbonyl (C=O) groups is 1. The molecule has 5 nitrogen and oxygen atoms in total. The van der Waals surface area contributed by atoms with Gasteiger partial charge in [-0.15, -0.1) is 0 Å². The van der Waals surface area contributed by atoms with Crippen molar-refractivity contribution in [3.05, 3.63) is 29.8 Å². The molecule has 1 aliphatic heterocycles. The van der Waals surface area contributed by atoms with Gasteiger partial charge in [-0.1, -0.05) is 12.1 Å². The summed E-state index contributed by atoms with van der Waals surface area (Å²) in [6.07, 6.45) is 0. The Morgan fingerprint density at radius 1 is 1.44 bits per heavy atom. The number of aliphatic carboxylic acids is 1. The van der Waals surface area contributed by atoms with Gasteiger partial charge >= 0.3 is 5.97 Å². The number of piperazine rings is 1. The highest BCUT2D eigenvalue weighted by Crippen LogP contribution is 2.24.